The monoisotopic (exact) mass is 336 g/mol. The van der Waals surface area contributed by atoms with E-state index in [1.54, 1.807) is 25.3 Å². The molecule has 1 rings (SSSR count). The van der Waals surface area contributed by atoms with Crippen LogP contribution in [-0.2, 0) is 0 Å². The molecule has 1 aromatic carbocycles. The van der Waals surface area contributed by atoms with Crippen molar-refractivity contribution < 1.29 is 9.53 Å². The van der Waals surface area contributed by atoms with Gasteiger partial charge in [0.25, 0.3) is 5.91 Å². The van der Waals surface area contributed by atoms with Gasteiger partial charge in [0.05, 0.1) is 11.6 Å². The Morgan fingerprint density at radius 2 is 2.11 bits per heavy atom. The molecular formula is C12H18BrClN2O2. The lowest BCUT2D eigenvalue weighted by atomic mass is 10.2. The number of amides is 1. The van der Waals surface area contributed by atoms with Gasteiger partial charge in [-0.3, -0.25) is 4.79 Å². The lowest BCUT2D eigenvalue weighted by Crippen LogP contribution is -2.31. The van der Waals surface area contributed by atoms with Crippen LogP contribution < -0.4 is 15.4 Å². The van der Waals surface area contributed by atoms with Crippen LogP contribution in [0.2, 0.25) is 0 Å². The molecule has 102 valence electrons. The van der Waals surface area contributed by atoms with Crippen LogP contribution >= 0.6 is 28.3 Å². The lowest BCUT2D eigenvalue weighted by molar-refractivity contribution is 0.0954. The Morgan fingerprint density at radius 1 is 1.39 bits per heavy atom. The van der Waals surface area contributed by atoms with E-state index in [0.717, 1.165) is 17.6 Å². The van der Waals surface area contributed by atoms with E-state index in [1.165, 1.54) is 0 Å². The highest BCUT2D eigenvalue weighted by molar-refractivity contribution is 9.10. The Hall–Kier alpha value is -0.780. The Kier molecular flexibility index (Phi) is 8.79. The van der Waals surface area contributed by atoms with Crippen molar-refractivity contribution in [2.75, 3.05) is 26.7 Å². The van der Waals surface area contributed by atoms with Gasteiger partial charge < -0.3 is 15.4 Å². The van der Waals surface area contributed by atoms with Gasteiger partial charge in [0.2, 0.25) is 0 Å². The SMILES string of the molecule is CCNCCNC(=O)c1ccc(OC)c(Br)c1.Cl. The van der Waals surface area contributed by atoms with Gasteiger partial charge in [-0.1, -0.05) is 6.92 Å². The fourth-order valence-electron chi connectivity index (χ4n) is 1.35. The Bertz CT molecular complexity index is 388. The summed E-state index contributed by atoms with van der Waals surface area (Å²) in [6, 6.07) is 5.26. The molecule has 0 spiro atoms. The number of nitrogens with one attached hydrogen (secondary N) is 2. The van der Waals surface area contributed by atoms with Gasteiger partial charge in [-0.15, -0.1) is 12.4 Å². The summed E-state index contributed by atoms with van der Waals surface area (Å²) in [5, 5.41) is 5.98. The van der Waals surface area contributed by atoms with E-state index < -0.39 is 0 Å². The van der Waals surface area contributed by atoms with Crippen LogP contribution in [0.4, 0.5) is 0 Å². The normalized spacial score (nSPS) is 9.50. The van der Waals surface area contributed by atoms with E-state index in [9.17, 15) is 4.79 Å². The van der Waals surface area contributed by atoms with E-state index in [0.29, 0.717) is 17.9 Å². The van der Waals surface area contributed by atoms with E-state index >= 15 is 0 Å². The first-order chi connectivity index (χ1) is 8.19. The molecule has 0 fully saturated rings. The van der Waals surface area contributed by atoms with Crippen LogP contribution in [0.1, 0.15) is 17.3 Å². The van der Waals surface area contributed by atoms with Crippen LogP contribution in [0.5, 0.6) is 5.75 Å². The topological polar surface area (TPSA) is 50.4 Å². The summed E-state index contributed by atoms with van der Waals surface area (Å²) in [5.74, 6) is 0.639. The summed E-state index contributed by atoms with van der Waals surface area (Å²) in [4.78, 5) is 11.8. The van der Waals surface area contributed by atoms with Crippen molar-refractivity contribution in [3.8, 4) is 5.75 Å². The third-order valence-electron chi connectivity index (χ3n) is 2.25. The molecule has 0 saturated heterocycles. The van der Waals surface area contributed by atoms with Crippen LogP contribution in [0.15, 0.2) is 22.7 Å². The average Bonchev–Trinajstić information content (AvgIpc) is 2.34. The molecule has 1 amide bonds. The zero-order chi connectivity index (χ0) is 12.7. The Labute approximate surface area is 122 Å². The molecule has 0 saturated carbocycles. The van der Waals surface area contributed by atoms with Crippen molar-refractivity contribution >= 4 is 34.2 Å². The van der Waals surface area contributed by atoms with Crippen LogP contribution in [-0.4, -0.2) is 32.7 Å². The standard InChI is InChI=1S/C12H17BrN2O2.ClH/c1-3-14-6-7-15-12(16)9-4-5-11(17-2)10(13)8-9;/h4-5,8,14H,3,6-7H2,1-2H3,(H,15,16);1H. The molecule has 2 N–H and O–H groups in total. The summed E-state index contributed by atoms with van der Waals surface area (Å²) < 4.78 is 5.88. The number of hydrogen-bond acceptors (Lipinski definition) is 3. The molecule has 0 bridgehead atoms. The van der Waals surface area contributed by atoms with Crippen molar-refractivity contribution in [3.63, 3.8) is 0 Å². The van der Waals surface area contributed by atoms with Crippen LogP contribution in [0.3, 0.4) is 0 Å². The molecule has 1 aromatic rings. The Balaban J connectivity index is 0.00000289. The molecule has 0 atom stereocenters. The highest BCUT2D eigenvalue weighted by Crippen LogP contribution is 2.25. The second kappa shape index (κ2) is 9.19. The van der Waals surface area contributed by atoms with Gasteiger partial charge in [-0.2, -0.15) is 0 Å². The van der Waals surface area contributed by atoms with Crippen LogP contribution in [0, 0.1) is 0 Å². The molecule has 0 radical (unpaired) electrons. The van der Waals surface area contributed by atoms with E-state index in [-0.39, 0.29) is 18.3 Å². The lowest BCUT2D eigenvalue weighted by Gasteiger charge is -2.07. The van der Waals surface area contributed by atoms with Crippen molar-refractivity contribution in [1.29, 1.82) is 0 Å². The summed E-state index contributed by atoms with van der Waals surface area (Å²) in [6.45, 7) is 4.34. The zero-order valence-corrected chi connectivity index (χ0v) is 12.9. The molecular weight excluding hydrogens is 320 g/mol. The average molecular weight is 338 g/mol. The fourth-order valence-corrected chi connectivity index (χ4v) is 1.89. The minimum absolute atomic E-state index is 0. The maximum Gasteiger partial charge on any atom is 0.251 e. The van der Waals surface area contributed by atoms with Gasteiger partial charge in [-0.05, 0) is 40.7 Å². The molecule has 0 unspecified atom stereocenters. The van der Waals surface area contributed by atoms with Crippen LogP contribution in [0.25, 0.3) is 0 Å². The number of rotatable bonds is 6. The number of ether oxygens (including phenoxy) is 1. The minimum Gasteiger partial charge on any atom is -0.496 e. The van der Waals surface area contributed by atoms with Crippen molar-refractivity contribution in [2.24, 2.45) is 0 Å². The number of likely N-dealkylation sites (N-methyl/N-ethyl adjacent to an activating group) is 1. The highest BCUT2D eigenvalue weighted by atomic mass is 79.9. The number of carbonyl (C=O) groups excluding carboxylic acids is 1. The van der Waals surface area contributed by atoms with Gasteiger partial charge in [0.1, 0.15) is 5.75 Å². The third kappa shape index (κ3) is 5.25. The maximum absolute atomic E-state index is 11.8. The second-order valence-electron chi connectivity index (χ2n) is 3.46. The van der Waals surface area contributed by atoms with Gasteiger partial charge in [0, 0.05) is 18.7 Å². The van der Waals surface area contributed by atoms with E-state index in [4.69, 9.17) is 4.74 Å². The molecule has 6 heteroatoms. The van der Waals surface area contributed by atoms with Gasteiger partial charge >= 0.3 is 0 Å². The zero-order valence-electron chi connectivity index (χ0n) is 10.5. The summed E-state index contributed by atoms with van der Waals surface area (Å²) in [6.07, 6.45) is 0. The third-order valence-corrected chi connectivity index (χ3v) is 2.87. The summed E-state index contributed by atoms with van der Waals surface area (Å²) >= 11 is 3.35. The molecule has 0 aromatic heterocycles. The first kappa shape index (κ1) is 17.2. The number of carbonyl (C=O) groups is 1. The van der Waals surface area contributed by atoms with Crippen molar-refractivity contribution in [2.45, 2.75) is 6.92 Å². The smallest absolute Gasteiger partial charge is 0.251 e. The molecule has 0 heterocycles. The number of halogens is 2. The molecule has 0 aliphatic heterocycles. The number of hydrogen-bond donors (Lipinski definition) is 2. The molecule has 18 heavy (non-hydrogen) atoms. The van der Waals surface area contributed by atoms with Crippen molar-refractivity contribution in [3.05, 3.63) is 28.2 Å². The number of methoxy groups -OCH3 is 1. The maximum atomic E-state index is 11.8. The highest BCUT2D eigenvalue weighted by Gasteiger charge is 2.07. The quantitative estimate of drug-likeness (QED) is 0.783. The van der Waals surface area contributed by atoms with Gasteiger partial charge in [-0.25, -0.2) is 0 Å². The van der Waals surface area contributed by atoms with Gasteiger partial charge in [0.15, 0.2) is 0 Å². The fraction of sp³-hybridized carbons (Fsp3) is 0.417. The first-order valence-electron chi connectivity index (χ1n) is 5.51. The van der Waals surface area contributed by atoms with E-state index in [1.807, 2.05) is 6.92 Å². The van der Waals surface area contributed by atoms with E-state index in [2.05, 4.69) is 26.6 Å². The first-order valence-corrected chi connectivity index (χ1v) is 6.30. The summed E-state index contributed by atoms with van der Waals surface area (Å²) in [7, 11) is 1.59. The largest absolute Gasteiger partial charge is 0.496 e. The second-order valence-corrected chi connectivity index (χ2v) is 4.31. The predicted molar refractivity (Wildman–Crippen MR) is 78.8 cm³/mol. The van der Waals surface area contributed by atoms with Crippen molar-refractivity contribution in [1.82, 2.24) is 10.6 Å². The number of benzene rings is 1. The summed E-state index contributed by atoms with van der Waals surface area (Å²) in [5.41, 5.74) is 0.620. The molecule has 4 nitrogen and oxygen atoms in total. The minimum atomic E-state index is -0.0775. The molecule has 0 aliphatic carbocycles. The predicted octanol–water partition coefficient (Wildman–Crippen LogP) is 2.22. The Morgan fingerprint density at radius 3 is 2.67 bits per heavy atom. The molecule has 0 aliphatic rings.